The lowest BCUT2D eigenvalue weighted by molar-refractivity contribution is 0.191. The van der Waals surface area contributed by atoms with Gasteiger partial charge in [0.05, 0.1) is 23.0 Å². The number of H-pyrrole nitrogens is 1. The fraction of sp³-hybridized carbons (Fsp3) is 0.167. The van der Waals surface area contributed by atoms with Crippen LogP contribution in [-0.4, -0.2) is 21.8 Å². The van der Waals surface area contributed by atoms with E-state index in [1.807, 2.05) is 0 Å². The molecule has 106 valence electrons. The molecule has 2 aromatic rings. The topological polar surface area (TPSA) is 78.0 Å². The van der Waals surface area contributed by atoms with Gasteiger partial charge in [0, 0.05) is 6.54 Å². The number of anilines is 1. The number of aliphatic hydroxyl groups is 1. The van der Waals surface area contributed by atoms with Crippen molar-refractivity contribution in [3.05, 3.63) is 56.2 Å². The zero-order chi connectivity index (χ0) is 14.7. The summed E-state index contributed by atoms with van der Waals surface area (Å²) in [5.74, 6) is -0.612. The van der Waals surface area contributed by atoms with Crippen LogP contribution in [0.1, 0.15) is 11.7 Å². The SMILES string of the molecule is O=c1[nH]ncc(NCC(O)c2ccc(Cl)c(F)c2)c1Cl. The van der Waals surface area contributed by atoms with Crippen molar-refractivity contribution in [3.63, 3.8) is 0 Å². The van der Waals surface area contributed by atoms with Gasteiger partial charge in [-0.3, -0.25) is 4.79 Å². The Labute approximate surface area is 123 Å². The molecule has 20 heavy (non-hydrogen) atoms. The van der Waals surface area contributed by atoms with Crippen LogP contribution in [0.5, 0.6) is 0 Å². The molecule has 0 saturated heterocycles. The van der Waals surface area contributed by atoms with Crippen LogP contribution >= 0.6 is 23.2 Å². The zero-order valence-corrected chi connectivity index (χ0v) is 11.5. The fourth-order valence-corrected chi connectivity index (χ4v) is 1.83. The number of aromatic amines is 1. The van der Waals surface area contributed by atoms with Crippen LogP contribution in [0.2, 0.25) is 10.0 Å². The van der Waals surface area contributed by atoms with E-state index in [2.05, 4.69) is 15.5 Å². The van der Waals surface area contributed by atoms with E-state index in [1.54, 1.807) is 0 Å². The summed E-state index contributed by atoms with van der Waals surface area (Å²) in [6.07, 6.45) is 0.330. The molecular weight excluding hydrogens is 308 g/mol. The molecule has 0 saturated carbocycles. The average molecular weight is 318 g/mol. The van der Waals surface area contributed by atoms with E-state index >= 15 is 0 Å². The lowest BCUT2D eigenvalue weighted by Crippen LogP contribution is -2.16. The van der Waals surface area contributed by atoms with Gasteiger partial charge in [0.1, 0.15) is 10.8 Å². The van der Waals surface area contributed by atoms with Crippen molar-refractivity contribution in [3.8, 4) is 0 Å². The Kier molecular flexibility index (Phi) is 4.59. The van der Waals surface area contributed by atoms with Crippen LogP contribution in [-0.2, 0) is 0 Å². The van der Waals surface area contributed by atoms with E-state index in [9.17, 15) is 14.3 Å². The Bertz CT molecular complexity index is 678. The lowest BCUT2D eigenvalue weighted by Gasteiger charge is -2.13. The second-order valence-electron chi connectivity index (χ2n) is 4.00. The first-order chi connectivity index (χ1) is 9.49. The molecule has 1 aromatic heterocycles. The molecule has 0 fully saturated rings. The number of hydrogen-bond donors (Lipinski definition) is 3. The van der Waals surface area contributed by atoms with E-state index in [-0.39, 0.29) is 22.3 Å². The normalized spacial score (nSPS) is 12.2. The Morgan fingerprint density at radius 1 is 1.45 bits per heavy atom. The van der Waals surface area contributed by atoms with Gasteiger partial charge in [-0.05, 0) is 17.7 Å². The van der Waals surface area contributed by atoms with Crippen LogP contribution in [0.15, 0.2) is 29.2 Å². The molecule has 1 unspecified atom stereocenters. The summed E-state index contributed by atoms with van der Waals surface area (Å²) in [6, 6.07) is 4.01. The smallest absolute Gasteiger partial charge is 0.285 e. The van der Waals surface area contributed by atoms with Gasteiger partial charge >= 0.3 is 0 Å². The first-order valence-corrected chi connectivity index (χ1v) is 6.34. The third kappa shape index (κ3) is 3.27. The van der Waals surface area contributed by atoms with Gasteiger partial charge in [0.2, 0.25) is 0 Å². The molecular formula is C12H10Cl2FN3O2. The summed E-state index contributed by atoms with van der Waals surface area (Å²) >= 11 is 11.3. The average Bonchev–Trinajstić information content (AvgIpc) is 2.43. The molecule has 2 rings (SSSR count). The number of nitrogens with zero attached hydrogens (tertiary/aromatic N) is 1. The van der Waals surface area contributed by atoms with Gasteiger partial charge in [-0.25, -0.2) is 9.49 Å². The minimum atomic E-state index is -0.989. The summed E-state index contributed by atoms with van der Waals surface area (Å²) in [4.78, 5) is 11.2. The van der Waals surface area contributed by atoms with Gasteiger partial charge in [-0.1, -0.05) is 29.3 Å². The fourth-order valence-electron chi connectivity index (χ4n) is 1.55. The van der Waals surface area contributed by atoms with Crippen molar-refractivity contribution in [1.82, 2.24) is 10.2 Å². The van der Waals surface area contributed by atoms with E-state index in [4.69, 9.17) is 23.2 Å². The first-order valence-electron chi connectivity index (χ1n) is 5.59. The maximum absolute atomic E-state index is 13.3. The maximum atomic E-state index is 13.3. The van der Waals surface area contributed by atoms with E-state index in [0.717, 1.165) is 6.07 Å². The summed E-state index contributed by atoms with van der Waals surface area (Å²) < 4.78 is 13.3. The molecule has 3 N–H and O–H groups in total. The Morgan fingerprint density at radius 3 is 2.90 bits per heavy atom. The molecule has 0 radical (unpaired) electrons. The number of benzene rings is 1. The van der Waals surface area contributed by atoms with Crippen LogP contribution in [0.4, 0.5) is 10.1 Å². The largest absolute Gasteiger partial charge is 0.387 e. The summed E-state index contributed by atoms with van der Waals surface area (Å²) in [5.41, 5.74) is 0.0981. The van der Waals surface area contributed by atoms with Gasteiger partial charge < -0.3 is 10.4 Å². The molecule has 0 spiro atoms. The standard InChI is InChI=1S/C12H10Cl2FN3O2/c13-7-2-1-6(3-8(7)15)10(19)5-16-9-4-17-18-12(20)11(9)14/h1-4,10,19H,5H2,(H2,16,18,20). The monoisotopic (exact) mass is 317 g/mol. The van der Waals surface area contributed by atoms with Gasteiger partial charge in [0.15, 0.2) is 0 Å². The minimum absolute atomic E-state index is 0.0178. The van der Waals surface area contributed by atoms with Crippen LogP contribution in [0.3, 0.4) is 0 Å². The summed E-state index contributed by atoms with van der Waals surface area (Å²) in [6.45, 7) is 0.0337. The van der Waals surface area contributed by atoms with Crippen LogP contribution < -0.4 is 10.9 Å². The second-order valence-corrected chi connectivity index (χ2v) is 4.78. The maximum Gasteiger partial charge on any atom is 0.285 e. The predicted octanol–water partition coefficient (Wildman–Crippen LogP) is 2.36. The predicted molar refractivity (Wildman–Crippen MR) is 74.7 cm³/mol. The molecule has 1 aromatic carbocycles. The molecule has 0 aliphatic carbocycles. The van der Waals surface area contributed by atoms with Crippen molar-refractivity contribution in [1.29, 1.82) is 0 Å². The number of aliphatic hydroxyl groups excluding tert-OH is 1. The number of aromatic nitrogens is 2. The number of halogens is 3. The highest BCUT2D eigenvalue weighted by Crippen LogP contribution is 2.21. The van der Waals surface area contributed by atoms with Crippen molar-refractivity contribution in [2.45, 2.75) is 6.10 Å². The van der Waals surface area contributed by atoms with Gasteiger partial charge in [-0.2, -0.15) is 5.10 Å². The van der Waals surface area contributed by atoms with E-state index < -0.39 is 17.5 Å². The van der Waals surface area contributed by atoms with Crippen LogP contribution in [0.25, 0.3) is 0 Å². The molecule has 8 heteroatoms. The van der Waals surface area contributed by atoms with Gasteiger partial charge in [-0.15, -0.1) is 0 Å². The van der Waals surface area contributed by atoms with Crippen LogP contribution in [0, 0.1) is 5.82 Å². The third-order valence-electron chi connectivity index (χ3n) is 2.61. The quantitative estimate of drug-likeness (QED) is 0.809. The lowest BCUT2D eigenvalue weighted by atomic mass is 10.1. The second kappa shape index (κ2) is 6.21. The van der Waals surface area contributed by atoms with Gasteiger partial charge in [0.25, 0.3) is 5.56 Å². The number of hydrogen-bond acceptors (Lipinski definition) is 4. The minimum Gasteiger partial charge on any atom is -0.387 e. The van der Waals surface area contributed by atoms with Crippen molar-refractivity contribution < 1.29 is 9.50 Å². The number of nitrogens with one attached hydrogen (secondary N) is 2. The molecule has 0 aliphatic rings. The van der Waals surface area contributed by atoms with E-state index in [0.29, 0.717) is 5.56 Å². The number of rotatable bonds is 4. The highest BCUT2D eigenvalue weighted by Gasteiger charge is 2.12. The molecule has 1 atom stereocenters. The van der Waals surface area contributed by atoms with Crippen molar-refractivity contribution in [2.24, 2.45) is 0 Å². The summed E-state index contributed by atoms with van der Waals surface area (Å²) in [7, 11) is 0. The van der Waals surface area contributed by atoms with Crippen molar-refractivity contribution >= 4 is 28.9 Å². The molecule has 1 heterocycles. The summed E-state index contributed by atoms with van der Waals surface area (Å²) in [5, 5.41) is 18.4. The molecule has 0 amide bonds. The highest BCUT2D eigenvalue weighted by molar-refractivity contribution is 6.32. The van der Waals surface area contributed by atoms with Crippen molar-refractivity contribution in [2.75, 3.05) is 11.9 Å². The zero-order valence-electron chi connectivity index (χ0n) is 10.0. The Hall–Kier alpha value is -1.63. The first kappa shape index (κ1) is 14.8. The molecule has 0 bridgehead atoms. The highest BCUT2D eigenvalue weighted by atomic mass is 35.5. The molecule has 0 aliphatic heterocycles. The Balaban J connectivity index is 2.08. The van der Waals surface area contributed by atoms with E-state index in [1.165, 1.54) is 18.3 Å². The Morgan fingerprint density at radius 2 is 2.20 bits per heavy atom. The third-order valence-corrected chi connectivity index (χ3v) is 3.29. The molecule has 5 nitrogen and oxygen atoms in total.